The molecule has 18 heavy (non-hydrogen) atoms. The maximum Gasteiger partial charge on any atom is 0.228 e. The normalized spacial score (nSPS) is 27.2. The number of nitrogens with zero attached hydrogens (tertiary/aromatic N) is 2. The van der Waals surface area contributed by atoms with Crippen LogP contribution in [0.3, 0.4) is 0 Å². The van der Waals surface area contributed by atoms with E-state index in [9.17, 15) is 9.59 Å². The molecule has 2 unspecified atom stereocenters. The number of likely N-dealkylation sites (tertiary alicyclic amines) is 1. The summed E-state index contributed by atoms with van der Waals surface area (Å²) in [5.41, 5.74) is 0. The maximum absolute atomic E-state index is 12.3. The van der Waals surface area contributed by atoms with Crippen LogP contribution in [0.5, 0.6) is 0 Å². The zero-order valence-electron chi connectivity index (χ0n) is 11.0. The van der Waals surface area contributed by atoms with E-state index in [0.717, 1.165) is 19.5 Å². The molecule has 2 heterocycles. The van der Waals surface area contributed by atoms with Gasteiger partial charge in [-0.3, -0.25) is 9.59 Å². The third kappa shape index (κ3) is 2.95. The third-order valence-electron chi connectivity index (χ3n) is 3.88. The van der Waals surface area contributed by atoms with Crippen molar-refractivity contribution in [3.05, 3.63) is 0 Å². The van der Waals surface area contributed by atoms with Gasteiger partial charge >= 0.3 is 0 Å². The van der Waals surface area contributed by atoms with Gasteiger partial charge < -0.3 is 15.1 Å². The topological polar surface area (TPSA) is 52.7 Å². The van der Waals surface area contributed by atoms with Gasteiger partial charge in [-0.15, -0.1) is 12.4 Å². The van der Waals surface area contributed by atoms with Gasteiger partial charge in [-0.1, -0.05) is 0 Å². The van der Waals surface area contributed by atoms with Crippen molar-refractivity contribution in [1.82, 2.24) is 15.1 Å². The summed E-state index contributed by atoms with van der Waals surface area (Å²) in [6, 6.07) is 0.299. The molecule has 0 spiro atoms. The molecule has 0 aromatic heterocycles. The molecule has 5 nitrogen and oxygen atoms in total. The van der Waals surface area contributed by atoms with Crippen molar-refractivity contribution in [2.75, 3.05) is 33.2 Å². The highest BCUT2D eigenvalue weighted by Crippen LogP contribution is 2.21. The summed E-state index contributed by atoms with van der Waals surface area (Å²) in [5.74, 6) is 0.111. The number of rotatable bonds is 3. The number of hydrogen-bond donors (Lipinski definition) is 1. The van der Waals surface area contributed by atoms with E-state index < -0.39 is 0 Å². The minimum Gasteiger partial charge on any atom is -0.342 e. The summed E-state index contributed by atoms with van der Waals surface area (Å²) in [6.45, 7) is 5.11. The minimum atomic E-state index is -0.131. The first-order chi connectivity index (χ1) is 8.13. The average molecular weight is 276 g/mol. The van der Waals surface area contributed by atoms with Gasteiger partial charge in [-0.05, 0) is 19.9 Å². The lowest BCUT2D eigenvalue weighted by atomic mass is 10.1. The number of carbonyl (C=O) groups is 2. The molecule has 2 saturated heterocycles. The first-order valence-corrected chi connectivity index (χ1v) is 6.38. The quantitative estimate of drug-likeness (QED) is 0.795. The molecule has 6 heteroatoms. The molecule has 2 rings (SSSR count). The Morgan fingerprint density at radius 2 is 2.28 bits per heavy atom. The van der Waals surface area contributed by atoms with Crippen LogP contribution in [-0.4, -0.2) is 60.9 Å². The molecular weight excluding hydrogens is 254 g/mol. The average Bonchev–Trinajstić information content (AvgIpc) is 2.95. The monoisotopic (exact) mass is 275 g/mol. The van der Waals surface area contributed by atoms with Gasteiger partial charge in [0.25, 0.3) is 0 Å². The predicted molar refractivity (Wildman–Crippen MR) is 71.7 cm³/mol. The van der Waals surface area contributed by atoms with Gasteiger partial charge in [0, 0.05) is 39.1 Å². The number of amides is 2. The van der Waals surface area contributed by atoms with E-state index in [1.54, 1.807) is 4.90 Å². The van der Waals surface area contributed by atoms with E-state index in [2.05, 4.69) is 5.32 Å². The van der Waals surface area contributed by atoms with Crippen LogP contribution in [0.15, 0.2) is 0 Å². The third-order valence-corrected chi connectivity index (χ3v) is 3.88. The van der Waals surface area contributed by atoms with Crippen molar-refractivity contribution < 1.29 is 9.59 Å². The number of nitrogens with one attached hydrogen (secondary N) is 1. The van der Waals surface area contributed by atoms with Crippen molar-refractivity contribution in [3.63, 3.8) is 0 Å². The van der Waals surface area contributed by atoms with Crippen molar-refractivity contribution in [1.29, 1.82) is 0 Å². The SMILES string of the molecule is CCN1CC(C(=O)N(C)C2CCNC2)CC1=O.Cl. The highest BCUT2D eigenvalue weighted by Gasteiger charge is 2.36. The van der Waals surface area contributed by atoms with E-state index in [-0.39, 0.29) is 30.1 Å². The van der Waals surface area contributed by atoms with Crippen molar-refractivity contribution in [3.8, 4) is 0 Å². The van der Waals surface area contributed by atoms with Gasteiger partial charge in [-0.2, -0.15) is 0 Å². The van der Waals surface area contributed by atoms with Crippen LogP contribution < -0.4 is 5.32 Å². The van der Waals surface area contributed by atoms with E-state index in [4.69, 9.17) is 0 Å². The van der Waals surface area contributed by atoms with E-state index in [1.165, 1.54) is 0 Å². The van der Waals surface area contributed by atoms with Crippen molar-refractivity contribution in [2.45, 2.75) is 25.8 Å². The summed E-state index contributed by atoms with van der Waals surface area (Å²) >= 11 is 0. The van der Waals surface area contributed by atoms with Crippen LogP contribution in [0.1, 0.15) is 19.8 Å². The Kier molecular flexibility index (Phi) is 5.41. The highest BCUT2D eigenvalue weighted by atomic mass is 35.5. The molecule has 2 amide bonds. The van der Waals surface area contributed by atoms with Crippen LogP contribution >= 0.6 is 12.4 Å². The second-order valence-electron chi connectivity index (χ2n) is 4.93. The van der Waals surface area contributed by atoms with E-state index in [1.807, 2.05) is 18.9 Å². The summed E-state index contributed by atoms with van der Waals surface area (Å²) in [5, 5.41) is 3.26. The smallest absolute Gasteiger partial charge is 0.228 e. The standard InChI is InChI=1S/C12H21N3O2.ClH/c1-3-15-8-9(6-11(15)16)12(17)14(2)10-4-5-13-7-10;/h9-10,13H,3-8H2,1-2H3;1H. The fraction of sp³-hybridized carbons (Fsp3) is 0.833. The van der Waals surface area contributed by atoms with Crippen LogP contribution in [0.25, 0.3) is 0 Å². The van der Waals surface area contributed by atoms with Crippen LogP contribution in [0.4, 0.5) is 0 Å². The Labute approximate surface area is 114 Å². The predicted octanol–water partition coefficient (Wildman–Crippen LogP) is 0.0969. The zero-order chi connectivity index (χ0) is 12.4. The van der Waals surface area contributed by atoms with Gasteiger partial charge in [0.1, 0.15) is 0 Å². The number of likely N-dealkylation sites (N-methyl/N-ethyl adjacent to an activating group) is 1. The molecule has 1 N–H and O–H groups in total. The van der Waals surface area contributed by atoms with Crippen molar-refractivity contribution in [2.24, 2.45) is 5.92 Å². The Hall–Kier alpha value is -0.810. The Bertz CT molecular complexity index is 318. The van der Waals surface area contributed by atoms with Crippen molar-refractivity contribution >= 4 is 24.2 Å². The highest BCUT2D eigenvalue weighted by molar-refractivity contribution is 5.89. The van der Waals surface area contributed by atoms with E-state index in [0.29, 0.717) is 25.6 Å². The summed E-state index contributed by atoms with van der Waals surface area (Å²) in [7, 11) is 1.86. The Balaban J connectivity index is 0.00000162. The number of hydrogen-bond acceptors (Lipinski definition) is 3. The van der Waals surface area contributed by atoms with Gasteiger partial charge in [0.15, 0.2) is 0 Å². The second-order valence-corrected chi connectivity index (χ2v) is 4.93. The Morgan fingerprint density at radius 3 is 2.78 bits per heavy atom. The zero-order valence-corrected chi connectivity index (χ0v) is 11.8. The molecule has 0 aromatic rings. The van der Waals surface area contributed by atoms with Gasteiger partial charge in [0.05, 0.1) is 5.92 Å². The van der Waals surface area contributed by atoms with Crippen LogP contribution in [0, 0.1) is 5.92 Å². The fourth-order valence-electron chi connectivity index (χ4n) is 2.68. The number of carbonyl (C=O) groups excluding carboxylic acids is 2. The summed E-state index contributed by atoms with van der Waals surface area (Å²) < 4.78 is 0. The molecule has 2 fully saturated rings. The second kappa shape index (κ2) is 6.38. The lowest BCUT2D eigenvalue weighted by Gasteiger charge is -2.26. The molecule has 2 aliphatic heterocycles. The van der Waals surface area contributed by atoms with Gasteiger partial charge in [-0.25, -0.2) is 0 Å². The molecule has 0 aromatic carbocycles. The molecule has 0 radical (unpaired) electrons. The lowest BCUT2D eigenvalue weighted by Crippen LogP contribution is -2.42. The molecule has 0 aliphatic carbocycles. The van der Waals surface area contributed by atoms with E-state index >= 15 is 0 Å². The summed E-state index contributed by atoms with van der Waals surface area (Å²) in [6.07, 6.45) is 1.40. The molecule has 0 saturated carbocycles. The molecular formula is C12H22ClN3O2. The summed E-state index contributed by atoms with van der Waals surface area (Å²) in [4.78, 5) is 27.5. The molecule has 104 valence electrons. The van der Waals surface area contributed by atoms with Gasteiger partial charge in [0.2, 0.25) is 11.8 Å². The first kappa shape index (κ1) is 15.2. The molecule has 2 atom stereocenters. The first-order valence-electron chi connectivity index (χ1n) is 6.38. The van der Waals surface area contributed by atoms with Crippen LogP contribution in [-0.2, 0) is 9.59 Å². The molecule has 2 aliphatic rings. The molecule has 0 bridgehead atoms. The minimum absolute atomic E-state index is 0. The maximum atomic E-state index is 12.3. The number of halogens is 1. The largest absolute Gasteiger partial charge is 0.342 e. The van der Waals surface area contributed by atoms with Crippen LogP contribution in [0.2, 0.25) is 0 Å². The lowest BCUT2D eigenvalue weighted by molar-refractivity contribution is -0.136. The Morgan fingerprint density at radius 1 is 1.56 bits per heavy atom. The fourth-order valence-corrected chi connectivity index (χ4v) is 2.68.